The Morgan fingerprint density at radius 1 is 1.17 bits per heavy atom. The maximum atomic E-state index is 11.3. The molecule has 0 aromatic heterocycles. The Labute approximate surface area is 132 Å². The van der Waals surface area contributed by atoms with Crippen LogP contribution in [-0.4, -0.2) is 63.3 Å². The van der Waals surface area contributed by atoms with Crippen molar-refractivity contribution in [1.29, 1.82) is 0 Å². The van der Waals surface area contributed by atoms with Gasteiger partial charge in [0.25, 0.3) is 0 Å². The summed E-state index contributed by atoms with van der Waals surface area (Å²) in [6.07, 6.45) is -4.54. The molecule has 0 radical (unpaired) electrons. The molecular weight excluding hydrogens is 306 g/mol. The number of amides is 1. The van der Waals surface area contributed by atoms with E-state index in [9.17, 15) is 24.9 Å². The average Bonchev–Trinajstić information content (AvgIpc) is 2.52. The molecule has 1 fully saturated rings. The second-order valence-electron chi connectivity index (χ2n) is 5.41. The minimum Gasteiger partial charge on any atom is -0.478 e. The molecule has 0 unspecified atom stereocenters. The molecule has 1 aromatic rings. The molecule has 0 bridgehead atoms. The highest BCUT2D eigenvalue weighted by atomic mass is 16.5. The quantitative estimate of drug-likeness (QED) is 0.481. The molecule has 8 heteroatoms. The number of carboxylic acid groups (broad SMARTS) is 1. The zero-order valence-corrected chi connectivity index (χ0v) is 12.4. The number of aromatic carboxylic acids is 1. The zero-order valence-electron chi connectivity index (χ0n) is 12.4. The SMILES string of the molecule is CC(=O)N[C@H]1[C@@H](O)[C@H](O)[C@@H](CO)O[C@H]1c1ccc(C(=O)O)cc1. The van der Waals surface area contributed by atoms with Crippen LogP contribution in [0, 0.1) is 0 Å². The monoisotopic (exact) mass is 325 g/mol. The molecule has 23 heavy (non-hydrogen) atoms. The fourth-order valence-electron chi connectivity index (χ4n) is 2.61. The number of hydrogen-bond donors (Lipinski definition) is 5. The molecule has 5 N–H and O–H groups in total. The highest BCUT2D eigenvalue weighted by molar-refractivity contribution is 5.87. The second-order valence-corrected chi connectivity index (χ2v) is 5.41. The standard InChI is InChI=1S/C15H19NO7/c1-7(18)16-11-13(20)12(19)10(6-17)23-14(11)8-2-4-9(5-3-8)15(21)22/h2-5,10-14,17,19-20H,6H2,1H3,(H,16,18)(H,21,22)/t10-,11+,12-,13-,14+/m1/s1. The number of carbonyl (C=O) groups is 2. The van der Waals surface area contributed by atoms with Crippen molar-refractivity contribution in [2.24, 2.45) is 0 Å². The summed E-state index contributed by atoms with van der Waals surface area (Å²) in [7, 11) is 0. The highest BCUT2D eigenvalue weighted by Crippen LogP contribution is 2.32. The number of ether oxygens (including phenoxy) is 1. The molecule has 1 amide bonds. The third-order valence-electron chi connectivity index (χ3n) is 3.78. The van der Waals surface area contributed by atoms with E-state index in [2.05, 4.69) is 5.32 Å². The molecule has 1 aliphatic heterocycles. The molecule has 5 atom stereocenters. The van der Waals surface area contributed by atoms with E-state index in [1.165, 1.54) is 31.2 Å². The van der Waals surface area contributed by atoms with Crippen molar-refractivity contribution in [3.05, 3.63) is 35.4 Å². The minimum atomic E-state index is -1.36. The van der Waals surface area contributed by atoms with Crippen LogP contribution in [0.3, 0.4) is 0 Å². The van der Waals surface area contributed by atoms with E-state index in [-0.39, 0.29) is 5.56 Å². The van der Waals surface area contributed by atoms with Crippen LogP contribution in [0.25, 0.3) is 0 Å². The van der Waals surface area contributed by atoms with Crippen LogP contribution in [0.1, 0.15) is 28.9 Å². The summed E-state index contributed by atoms with van der Waals surface area (Å²) in [4.78, 5) is 22.2. The van der Waals surface area contributed by atoms with E-state index in [0.29, 0.717) is 5.56 Å². The van der Waals surface area contributed by atoms with Gasteiger partial charge in [-0.05, 0) is 17.7 Å². The Hall–Kier alpha value is -2.00. The van der Waals surface area contributed by atoms with E-state index in [4.69, 9.17) is 9.84 Å². The highest BCUT2D eigenvalue weighted by Gasteiger charge is 2.45. The van der Waals surface area contributed by atoms with E-state index < -0.39 is 48.9 Å². The number of carboxylic acids is 1. The summed E-state index contributed by atoms with van der Waals surface area (Å²) in [5, 5.41) is 40.9. The van der Waals surface area contributed by atoms with E-state index in [0.717, 1.165) is 0 Å². The molecule has 0 spiro atoms. The van der Waals surface area contributed by atoms with Gasteiger partial charge in [0.15, 0.2) is 0 Å². The first kappa shape index (κ1) is 17.4. The maximum absolute atomic E-state index is 11.3. The molecular formula is C15H19NO7. The Morgan fingerprint density at radius 2 is 1.78 bits per heavy atom. The Balaban J connectivity index is 2.33. The number of aliphatic hydroxyl groups excluding tert-OH is 3. The Kier molecular flexibility index (Phi) is 5.32. The van der Waals surface area contributed by atoms with E-state index in [1.54, 1.807) is 0 Å². The fraction of sp³-hybridized carbons (Fsp3) is 0.467. The Bertz CT molecular complexity index is 574. The first-order chi connectivity index (χ1) is 10.8. The van der Waals surface area contributed by atoms with Gasteiger partial charge in [0, 0.05) is 6.92 Å². The molecule has 126 valence electrons. The van der Waals surface area contributed by atoms with Crippen molar-refractivity contribution in [2.45, 2.75) is 37.4 Å². The number of benzene rings is 1. The average molecular weight is 325 g/mol. The topological polar surface area (TPSA) is 136 Å². The minimum absolute atomic E-state index is 0.0833. The predicted octanol–water partition coefficient (Wildman–Crippen LogP) is -0.956. The largest absolute Gasteiger partial charge is 0.478 e. The molecule has 8 nitrogen and oxygen atoms in total. The molecule has 1 aliphatic rings. The lowest BCUT2D eigenvalue weighted by atomic mass is 9.88. The molecule has 0 aliphatic carbocycles. The number of nitrogens with one attached hydrogen (secondary N) is 1. The molecule has 1 saturated heterocycles. The number of carbonyl (C=O) groups excluding carboxylic acids is 1. The van der Waals surface area contributed by atoms with Crippen LogP contribution in [0.15, 0.2) is 24.3 Å². The first-order valence-electron chi connectivity index (χ1n) is 7.08. The van der Waals surface area contributed by atoms with Crippen LogP contribution in [0.2, 0.25) is 0 Å². The zero-order chi connectivity index (χ0) is 17.1. The lowest BCUT2D eigenvalue weighted by Crippen LogP contribution is -2.60. The normalized spacial score (nSPS) is 30.7. The van der Waals surface area contributed by atoms with Gasteiger partial charge < -0.3 is 30.5 Å². The van der Waals surface area contributed by atoms with Crippen LogP contribution in [0.5, 0.6) is 0 Å². The van der Waals surface area contributed by atoms with Crippen molar-refractivity contribution >= 4 is 11.9 Å². The van der Waals surface area contributed by atoms with Crippen molar-refractivity contribution in [2.75, 3.05) is 6.61 Å². The van der Waals surface area contributed by atoms with Crippen LogP contribution < -0.4 is 5.32 Å². The van der Waals surface area contributed by atoms with Gasteiger partial charge in [0.2, 0.25) is 5.91 Å². The van der Waals surface area contributed by atoms with Crippen LogP contribution in [0.4, 0.5) is 0 Å². The van der Waals surface area contributed by atoms with Crippen molar-refractivity contribution in [1.82, 2.24) is 5.32 Å². The molecule has 2 rings (SSSR count). The second kappa shape index (κ2) is 7.05. The van der Waals surface area contributed by atoms with Crippen LogP contribution >= 0.6 is 0 Å². The third-order valence-corrected chi connectivity index (χ3v) is 3.78. The number of hydrogen-bond acceptors (Lipinski definition) is 6. The van der Waals surface area contributed by atoms with Gasteiger partial charge in [-0.25, -0.2) is 4.79 Å². The van der Waals surface area contributed by atoms with Gasteiger partial charge in [-0.1, -0.05) is 12.1 Å². The third kappa shape index (κ3) is 3.67. The van der Waals surface area contributed by atoms with E-state index in [1.807, 2.05) is 0 Å². The van der Waals surface area contributed by atoms with Gasteiger partial charge in [-0.3, -0.25) is 4.79 Å². The van der Waals surface area contributed by atoms with Crippen LogP contribution in [-0.2, 0) is 9.53 Å². The van der Waals surface area contributed by atoms with Crippen molar-refractivity contribution in [3.63, 3.8) is 0 Å². The van der Waals surface area contributed by atoms with Crippen molar-refractivity contribution in [3.8, 4) is 0 Å². The van der Waals surface area contributed by atoms with Gasteiger partial charge in [0.05, 0.1) is 18.2 Å². The lowest BCUT2D eigenvalue weighted by molar-refractivity contribution is -0.197. The molecule has 1 aromatic carbocycles. The first-order valence-corrected chi connectivity index (χ1v) is 7.08. The fourth-order valence-corrected chi connectivity index (χ4v) is 2.61. The molecule has 0 saturated carbocycles. The van der Waals surface area contributed by atoms with Gasteiger partial charge in [0.1, 0.15) is 24.4 Å². The predicted molar refractivity (Wildman–Crippen MR) is 77.7 cm³/mol. The lowest BCUT2D eigenvalue weighted by Gasteiger charge is -2.42. The van der Waals surface area contributed by atoms with Gasteiger partial charge in [-0.15, -0.1) is 0 Å². The van der Waals surface area contributed by atoms with Gasteiger partial charge >= 0.3 is 5.97 Å². The summed E-state index contributed by atoms with van der Waals surface area (Å²) in [6.45, 7) is 0.760. The maximum Gasteiger partial charge on any atom is 0.335 e. The van der Waals surface area contributed by atoms with Crippen molar-refractivity contribution < 1.29 is 34.8 Å². The summed E-state index contributed by atoms with van der Waals surface area (Å²) in [6, 6.07) is 4.82. The summed E-state index contributed by atoms with van der Waals surface area (Å²) < 4.78 is 5.60. The number of aliphatic hydroxyl groups is 3. The Morgan fingerprint density at radius 3 is 2.26 bits per heavy atom. The summed E-state index contributed by atoms with van der Waals surface area (Å²) in [5.74, 6) is -1.50. The van der Waals surface area contributed by atoms with Gasteiger partial charge in [-0.2, -0.15) is 0 Å². The summed E-state index contributed by atoms with van der Waals surface area (Å²) >= 11 is 0. The number of rotatable bonds is 4. The summed E-state index contributed by atoms with van der Waals surface area (Å²) in [5.41, 5.74) is 0.595. The smallest absolute Gasteiger partial charge is 0.335 e. The van der Waals surface area contributed by atoms with E-state index >= 15 is 0 Å². The molecule has 1 heterocycles.